The first-order valence-electron chi connectivity index (χ1n) is 31.2. The number of halogens is 3. The van der Waals surface area contributed by atoms with Crippen molar-refractivity contribution in [1.82, 2.24) is 31.9 Å². The van der Waals surface area contributed by atoms with E-state index < -0.39 is 40.5 Å². The summed E-state index contributed by atoms with van der Waals surface area (Å²) < 4.78 is 82.4. The van der Waals surface area contributed by atoms with Crippen molar-refractivity contribution in [2.45, 2.75) is 63.7 Å². The van der Waals surface area contributed by atoms with Crippen LogP contribution in [0.15, 0.2) is 121 Å². The molecule has 0 bridgehead atoms. The van der Waals surface area contributed by atoms with E-state index in [0.717, 1.165) is 54.0 Å². The summed E-state index contributed by atoms with van der Waals surface area (Å²) in [5.41, 5.74) is 5.54. The molecule has 6 N–H and O–H groups in total. The van der Waals surface area contributed by atoms with Gasteiger partial charge in [-0.3, -0.25) is 28.8 Å². The summed E-state index contributed by atoms with van der Waals surface area (Å²) in [4.78, 5) is 78.9. The Bertz CT molecular complexity index is 3680. The molecule has 0 aromatic heterocycles. The zero-order valence-electron chi connectivity index (χ0n) is 52.2. The normalized spacial score (nSPS) is 16.6. The van der Waals surface area contributed by atoms with Crippen molar-refractivity contribution < 1.29 is 75.1 Å². The number of hydrogen-bond donors (Lipinski definition) is 6. The molecule has 10 rings (SSSR count). The van der Waals surface area contributed by atoms with Gasteiger partial charge in [-0.25, -0.2) is 13.2 Å². The zero-order valence-corrected chi connectivity index (χ0v) is 52.2. The summed E-state index contributed by atoms with van der Waals surface area (Å²) in [7, 11) is 1.32. The third kappa shape index (κ3) is 18.2. The number of ether oxygens (including phenoxy) is 7. The van der Waals surface area contributed by atoms with Gasteiger partial charge in [0, 0.05) is 72.8 Å². The molecule has 0 unspecified atom stereocenters. The van der Waals surface area contributed by atoms with Gasteiger partial charge < -0.3 is 65.1 Å². The number of methoxy groups -OCH3 is 1. The van der Waals surface area contributed by atoms with E-state index in [0.29, 0.717) is 82.5 Å². The van der Waals surface area contributed by atoms with E-state index in [-0.39, 0.29) is 108 Å². The van der Waals surface area contributed by atoms with Crippen LogP contribution in [0.5, 0.6) is 17.2 Å². The molecule has 6 aromatic carbocycles. The highest BCUT2D eigenvalue weighted by Crippen LogP contribution is 2.32. The van der Waals surface area contributed by atoms with Crippen molar-refractivity contribution in [2.24, 2.45) is 0 Å². The Hall–Kier alpha value is -9.03. The molecule has 22 heteroatoms. The van der Waals surface area contributed by atoms with Crippen LogP contribution in [0, 0.1) is 17.5 Å². The summed E-state index contributed by atoms with van der Waals surface area (Å²) >= 11 is 0. The number of carbonyl (C=O) groups is 6. The van der Waals surface area contributed by atoms with E-state index in [2.05, 4.69) is 44.1 Å². The minimum absolute atomic E-state index is 0.0144. The predicted molar refractivity (Wildman–Crippen MR) is 343 cm³/mol. The average molecular weight is 1280 g/mol. The van der Waals surface area contributed by atoms with Crippen molar-refractivity contribution in [3.63, 3.8) is 0 Å². The Morgan fingerprint density at radius 2 is 0.763 bits per heavy atom. The van der Waals surface area contributed by atoms with E-state index in [1.165, 1.54) is 73.8 Å². The van der Waals surface area contributed by atoms with Gasteiger partial charge in [-0.15, -0.1) is 0 Å². The lowest BCUT2D eigenvalue weighted by Gasteiger charge is -2.21. The molecule has 2 aliphatic heterocycles. The summed E-state index contributed by atoms with van der Waals surface area (Å²) in [6.45, 7) is 9.41. The molecule has 0 saturated carbocycles. The Balaban J connectivity index is 0.000000219. The van der Waals surface area contributed by atoms with Gasteiger partial charge in [0.15, 0.2) is 34.8 Å². The lowest BCUT2D eigenvalue weighted by atomic mass is 10.00. The number of carbonyl (C=O) groups excluding carboxylic acids is 6. The van der Waals surface area contributed by atoms with Gasteiger partial charge in [-0.1, -0.05) is 74.5 Å². The minimum Gasteiger partial charge on any atom is -0.494 e. The Morgan fingerprint density at radius 1 is 0.419 bits per heavy atom. The molecule has 4 amide bonds. The van der Waals surface area contributed by atoms with Crippen LogP contribution in [0.3, 0.4) is 0 Å². The van der Waals surface area contributed by atoms with Crippen LogP contribution in [0.1, 0.15) is 122 Å². The number of nitrogens with one attached hydrogen (secondary N) is 6. The van der Waals surface area contributed by atoms with E-state index in [1.54, 1.807) is 12.1 Å². The smallest absolute Gasteiger partial charge is 0.251 e. The fourth-order valence-corrected chi connectivity index (χ4v) is 10.9. The number of ketones is 2. The van der Waals surface area contributed by atoms with Crippen LogP contribution in [0.25, 0.3) is 12.2 Å². The van der Waals surface area contributed by atoms with Crippen molar-refractivity contribution in [1.29, 1.82) is 0 Å². The van der Waals surface area contributed by atoms with Crippen LogP contribution in [0.4, 0.5) is 13.2 Å². The molecule has 4 aliphatic rings. The largest absolute Gasteiger partial charge is 0.494 e. The van der Waals surface area contributed by atoms with Gasteiger partial charge in [0.2, 0.25) is 0 Å². The fourth-order valence-electron chi connectivity index (χ4n) is 10.9. The Labute approximate surface area is 538 Å². The highest BCUT2D eigenvalue weighted by molar-refractivity contribution is 6.12. The summed E-state index contributed by atoms with van der Waals surface area (Å²) in [6.07, 6.45) is 11.6. The van der Waals surface area contributed by atoms with Crippen molar-refractivity contribution in [3.8, 4) is 17.2 Å². The van der Waals surface area contributed by atoms with Gasteiger partial charge in [0.05, 0.1) is 70.9 Å². The summed E-state index contributed by atoms with van der Waals surface area (Å²) in [5.74, 6) is -6.11. The number of rotatable bonds is 31. The van der Waals surface area contributed by atoms with Gasteiger partial charge in [0.1, 0.15) is 35.8 Å². The van der Waals surface area contributed by atoms with Gasteiger partial charge >= 0.3 is 0 Å². The first-order chi connectivity index (χ1) is 45.2. The van der Waals surface area contributed by atoms with Crippen LogP contribution >= 0.6 is 0 Å². The molecule has 0 spiro atoms. The summed E-state index contributed by atoms with van der Waals surface area (Å²) in [6, 6.07) is 26.4. The highest BCUT2D eigenvalue weighted by Gasteiger charge is 2.33. The van der Waals surface area contributed by atoms with Crippen LogP contribution in [-0.4, -0.2) is 159 Å². The predicted octanol–water partition coefficient (Wildman–Crippen LogP) is 8.04. The fraction of sp³-hybridized carbons (Fsp3) is 0.352. The first-order valence-corrected chi connectivity index (χ1v) is 31.2. The number of allylic oxidation sites excluding steroid dienone is 2. The average Bonchev–Trinajstić information content (AvgIpc) is 1.70. The van der Waals surface area contributed by atoms with Crippen molar-refractivity contribution >= 4 is 47.3 Å². The van der Waals surface area contributed by atoms with Crippen LogP contribution in [0.2, 0.25) is 0 Å². The third-order valence-corrected chi connectivity index (χ3v) is 15.8. The molecule has 19 nitrogen and oxygen atoms in total. The molecule has 2 aliphatic carbocycles. The Morgan fingerprint density at radius 3 is 1.17 bits per heavy atom. The molecule has 2 saturated heterocycles. The van der Waals surface area contributed by atoms with Gasteiger partial charge in [0.25, 0.3) is 23.6 Å². The molecular weight excluding hydrogens is 1200 g/mol. The molecule has 2 fully saturated rings. The van der Waals surface area contributed by atoms with Crippen LogP contribution < -0.4 is 46.1 Å². The molecule has 2 heterocycles. The van der Waals surface area contributed by atoms with Gasteiger partial charge in [-0.05, 0) is 121 Å². The Kier molecular flexibility index (Phi) is 25.0. The molecule has 490 valence electrons. The topological polar surface area (TPSA) is 239 Å². The van der Waals surface area contributed by atoms with Crippen molar-refractivity contribution in [2.75, 3.05) is 99.4 Å². The lowest BCUT2D eigenvalue weighted by Crippen LogP contribution is -2.51. The number of amides is 4. The van der Waals surface area contributed by atoms with E-state index in [9.17, 15) is 37.5 Å². The maximum Gasteiger partial charge on any atom is 0.251 e. The number of benzene rings is 6. The molecular formula is C71H77F3N6O13. The van der Waals surface area contributed by atoms with E-state index in [4.69, 9.17) is 33.2 Å². The molecule has 6 aromatic rings. The minimum atomic E-state index is -1.32. The van der Waals surface area contributed by atoms with E-state index in [1.807, 2.05) is 50.3 Å². The maximum atomic E-state index is 15.4. The van der Waals surface area contributed by atoms with Crippen LogP contribution in [-0.2, 0) is 31.8 Å². The molecule has 0 radical (unpaired) electrons. The highest BCUT2D eigenvalue weighted by atomic mass is 19.2. The second-order valence-corrected chi connectivity index (χ2v) is 22.3. The number of fused-ring (bicyclic) bond motifs is 2. The summed E-state index contributed by atoms with van der Waals surface area (Å²) in [5, 5.41) is 18.4. The lowest BCUT2D eigenvalue weighted by molar-refractivity contribution is 0.0364. The third-order valence-electron chi connectivity index (χ3n) is 15.8. The van der Waals surface area contributed by atoms with Crippen molar-refractivity contribution in [3.05, 3.63) is 206 Å². The zero-order chi connectivity index (χ0) is 65.6. The maximum absolute atomic E-state index is 15.4. The quantitative estimate of drug-likeness (QED) is 0.0178. The monoisotopic (exact) mass is 1280 g/mol. The van der Waals surface area contributed by atoms with E-state index >= 15 is 4.39 Å². The molecule has 93 heavy (non-hydrogen) atoms. The number of hydrogen-bond acceptors (Lipinski definition) is 15. The molecule has 4 atom stereocenters. The SMILES string of the molecule is CCCOCCOCCOc1ccc(F)c(F)c1C(=O)c1ccc(C(=O)N[C@@H]2CNC[C@@H]2NC(=O)c2ccc3c(c2)CC=C3)cc1.CCCOCCOCCOc1ccc(OC)c(F)c1C(=O)c1ccc(C(=O)N[C@@H]2CNC[C@@H]2NC(=O)c2ccc3c(c2)CC=C3)cc1. The standard InChI is InChI=1S/C36H40FN3O7.C35H37F2N3O6/c1-3-15-45-16-17-46-18-19-47-30-13-14-31(44-2)33(37)32(30)34(41)24-8-10-25(11-9-24)35(42)39-28-21-38-22-29(28)40-36(43)27-12-7-23-5-4-6-26(23)20-27;1-2-14-44-15-16-45-17-18-46-30-13-12-27(36)32(37)31(30)33(41)23-7-9-24(10-8-23)34(42)39-28-20-38-21-29(28)40-35(43)26-11-6-22-4-3-5-25(22)19-26/h4-5,7-14,20,28-29,38H,3,6,15-19,21-22H2,1-2H3,(H,39,42)(H,40,43);3-4,6-13,19,28-29,38H,2,5,14-18,20-21H2,1H3,(H,39,42)(H,40,43)/t2*28-,29+/m11/s1. The second-order valence-electron chi connectivity index (χ2n) is 22.3. The first kappa shape index (κ1) is 68.3. The second kappa shape index (κ2) is 34.0. The van der Waals surface area contributed by atoms with Gasteiger partial charge in [-0.2, -0.15) is 0 Å².